The fourth-order valence-corrected chi connectivity index (χ4v) is 16.0. The van der Waals surface area contributed by atoms with E-state index in [9.17, 15) is 0 Å². The summed E-state index contributed by atoms with van der Waals surface area (Å²) in [6, 6.07) is 97.0. The number of hydrogen-bond acceptors (Lipinski definition) is 0. The summed E-state index contributed by atoms with van der Waals surface area (Å²) in [6.07, 6.45) is -5.11. The lowest BCUT2D eigenvalue weighted by atomic mass is 9.96. The summed E-state index contributed by atoms with van der Waals surface area (Å²) in [5.41, 5.74) is 11.7. The van der Waals surface area contributed by atoms with E-state index in [0.29, 0.717) is 22.1 Å². The zero-order chi connectivity index (χ0) is 63.8. The molecule has 6 nitrogen and oxygen atoms in total. The minimum atomic E-state index is -5.11. The maximum absolute atomic E-state index is 16.7. The molecule has 0 aliphatic carbocycles. The number of halogens is 5. The first-order chi connectivity index (χ1) is 47.1. The van der Waals surface area contributed by atoms with Crippen molar-refractivity contribution < 1.29 is 22.0 Å². The lowest BCUT2D eigenvalue weighted by Crippen LogP contribution is -2.13. The first-order valence-electron chi connectivity index (χ1n) is 31.9. The Balaban J connectivity index is 0.932. The van der Waals surface area contributed by atoms with Gasteiger partial charge in [0.05, 0.1) is 88.7 Å². The van der Waals surface area contributed by atoms with Gasteiger partial charge in [-0.1, -0.05) is 152 Å². The third-order valence-electron chi connectivity index (χ3n) is 20.0. The smallest absolute Gasteiger partial charge is 0.309 e. The molecule has 11 heteroatoms. The van der Waals surface area contributed by atoms with Crippen LogP contribution in [0.25, 0.3) is 176 Å². The van der Waals surface area contributed by atoms with E-state index < -0.39 is 34.5 Å². The molecule has 0 saturated carbocycles. The van der Waals surface area contributed by atoms with E-state index >= 15 is 22.0 Å². The Hall–Kier alpha value is -12.5. The lowest BCUT2D eigenvalue weighted by Gasteiger charge is -2.22. The van der Waals surface area contributed by atoms with Gasteiger partial charge < -0.3 is 27.4 Å². The number of benzene rings is 14. The van der Waals surface area contributed by atoms with E-state index in [2.05, 4.69) is 152 Å². The number of rotatable bonds is 7. The highest BCUT2D eigenvalue weighted by Gasteiger charge is 2.38. The molecule has 14 aromatic carbocycles. The topological polar surface area (TPSA) is 29.6 Å². The van der Waals surface area contributed by atoms with Crippen LogP contribution in [0.2, 0.25) is 0 Å². The molecule has 6 aromatic heterocycles. The van der Waals surface area contributed by atoms with Gasteiger partial charge in [0.2, 0.25) is 0 Å². The van der Waals surface area contributed by atoms with Crippen molar-refractivity contribution >= 4 is 131 Å². The largest absolute Gasteiger partial charge is 0.417 e. The van der Waals surface area contributed by atoms with Crippen molar-refractivity contribution in [1.82, 2.24) is 27.4 Å². The van der Waals surface area contributed by atoms with Gasteiger partial charge in [-0.2, -0.15) is 13.2 Å². The van der Waals surface area contributed by atoms with Gasteiger partial charge >= 0.3 is 6.18 Å². The Morgan fingerprint density at radius 1 is 0.208 bits per heavy atom. The molecule has 0 radical (unpaired) electrons. The minimum Gasteiger partial charge on any atom is -0.309 e. The second-order valence-electron chi connectivity index (χ2n) is 24.9. The van der Waals surface area contributed by atoms with Crippen LogP contribution >= 0.6 is 0 Å². The second-order valence-corrected chi connectivity index (χ2v) is 24.9. The number of para-hydroxylation sites is 8. The van der Waals surface area contributed by atoms with E-state index in [-0.39, 0.29) is 11.4 Å². The summed E-state index contributed by atoms with van der Waals surface area (Å²) in [7, 11) is 0. The maximum Gasteiger partial charge on any atom is 0.417 e. The van der Waals surface area contributed by atoms with Crippen LogP contribution in [0.15, 0.2) is 297 Å². The lowest BCUT2D eigenvalue weighted by molar-refractivity contribution is -0.137. The van der Waals surface area contributed by atoms with E-state index in [1.165, 1.54) is 12.1 Å². The van der Waals surface area contributed by atoms with Gasteiger partial charge in [-0.05, 0) is 146 Å². The fourth-order valence-electron chi connectivity index (χ4n) is 16.0. The average molecular weight is 1250 g/mol. The number of alkyl halides is 3. The van der Waals surface area contributed by atoms with Gasteiger partial charge in [0.1, 0.15) is 11.6 Å². The van der Waals surface area contributed by atoms with Crippen LogP contribution in [0.1, 0.15) is 5.56 Å². The SMILES string of the molecule is Fc1cccc(F)c1-c1cc(-n2c3ccc(-n4c5ccccc5c5ccccc54)cc3c3cc(-n4c5ccccc5c5ccccc54)ccc32)c(-n2c3ccc(-n4c5ccccc5c5ccccc54)cc3c3cc(-n4c5ccccc5c5ccccc54)ccc32)cc1C(F)(F)F. The third-order valence-corrected chi connectivity index (χ3v) is 20.0. The standard InChI is InChI=1S/C85H49F5N6/c86-68-26-17-27-69(87)84(68)66-48-82(95-78-40-36-50(91-70-28-9-1-18-54(70)55-19-2-10-29-71(55)91)44-62(78)63-45-51(37-41-79(63)95)92-72-30-11-3-20-56(72)57-21-4-12-31-73(57)92)83(49-67(66)85(88,89)90)96-80-42-38-52(93-74-32-13-5-22-58(74)59-23-6-14-33-75(59)93)46-64(80)65-47-53(39-43-81(65)96)94-76-34-15-7-24-60(76)61-25-8-16-35-77(61)94/h1-49H. The predicted octanol–water partition coefficient (Wildman–Crippen LogP) is 23.2. The molecule has 0 spiro atoms. The van der Waals surface area contributed by atoms with E-state index in [4.69, 9.17) is 0 Å². The molecule has 0 aliphatic rings. The quantitative estimate of drug-likeness (QED) is 0.142. The zero-order valence-corrected chi connectivity index (χ0v) is 50.9. The van der Waals surface area contributed by atoms with Crippen LogP contribution < -0.4 is 0 Å². The van der Waals surface area contributed by atoms with E-state index in [1.807, 2.05) is 143 Å². The van der Waals surface area contributed by atoms with Gasteiger partial charge in [-0.3, -0.25) is 0 Å². The van der Waals surface area contributed by atoms with Crippen LogP contribution in [0.3, 0.4) is 0 Å². The molecule has 454 valence electrons. The summed E-state index contributed by atoms with van der Waals surface area (Å²) in [5, 5.41) is 11.8. The summed E-state index contributed by atoms with van der Waals surface area (Å²) in [4.78, 5) is 0. The Morgan fingerprint density at radius 3 is 0.688 bits per heavy atom. The van der Waals surface area contributed by atoms with Crippen molar-refractivity contribution in [3.8, 4) is 45.3 Å². The monoisotopic (exact) mass is 1250 g/mol. The Bertz CT molecular complexity index is 6170. The van der Waals surface area contributed by atoms with Gasteiger partial charge in [0.15, 0.2) is 0 Å². The molecule has 0 aliphatic heterocycles. The van der Waals surface area contributed by atoms with Crippen molar-refractivity contribution in [3.05, 3.63) is 314 Å². The number of nitrogens with zero attached hydrogens (tertiary/aromatic N) is 6. The predicted molar refractivity (Wildman–Crippen MR) is 383 cm³/mol. The summed E-state index contributed by atoms with van der Waals surface area (Å²) >= 11 is 0. The maximum atomic E-state index is 16.7. The first-order valence-corrected chi connectivity index (χ1v) is 31.9. The molecule has 6 heterocycles. The van der Waals surface area contributed by atoms with Crippen LogP contribution in [-0.4, -0.2) is 27.4 Å². The second kappa shape index (κ2) is 20.0. The fraction of sp³-hybridized carbons (Fsp3) is 0.0118. The number of fused-ring (bicyclic) bond motifs is 18. The van der Waals surface area contributed by atoms with Gasteiger partial charge in [0.25, 0.3) is 0 Å². The Morgan fingerprint density at radius 2 is 0.438 bits per heavy atom. The molecule has 96 heavy (non-hydrogen) atoms. The average Bonchev–Trinajstić information content (AvgIpc) is 1.51. The van der Waals surface area contributed by atoms with E-state index in [1.54, 1.807) is 0 Å². The van der Waals surface area contributed by atoms with Crippen molar-refractivity contribution in [2.24, 2.45) is 0 Å². The first kappa shape index (κ1) is 54.1. The highest BCUT2D eigenvalue weighted by atomic mass is 19.4. The van der Waals surface area contributed by atoms with E-state index in [0.717, 1.165) is 150 Å². The van der Waals surface area contributed by atoms with Gasteiger partial charge in [-0.15, -0.1) is 0 Å². The molecular weight excluding hydrogens is 1200 g/mol. The minimum absolute atomic E-state index is 0.133. The molecule has 0 amide bonds. The number of hydrogen-bond donors (Lipinski definition) is 0. The normalized spacial score (nSPS) is 12.4. The molecular formula is C85H49F5N6. The molecule has 0 bridgehead atoms. The molecule has 20 aromatic rings. The molecule has 0 N–H and O–H groups in total. The van der Waals surface area contributed by atoms with Crippen molar-refractivity contribution in [2.45, 2.75) is 6.18 Å². The number of aromatic nitrogens is 6. The summed E-state index contributed by atoms with van der Waals surface area (Å²) < 4.78 is 96.5. The summed E-state index contributed by atoms with van der Waals surface area (Å²) in [6.45, 7) is 0. The van der Waals surface area contributed by atoms with Gasteiger partial charge in [0, 0.05) is 92.9 Å². The van der Waals surface area contributed by atoms with Crippen LogP contribution in [0.4, 0.5) is 22.0 Å². The highest BCUT2D eigenvalue weighted by molar-refractivity contribution is 6.17. The third kappa shape index (κ3) is 7.61. The van der Waals surface area contributed by atoms with Crippen LogP contribution in [0.5, 0.6) is 0 Å². The molecule has 20 rings (SSSR count). The van der Waals surface area contributed by atoms with Crippen LogP contribution in [0, 0.1) is 11.6 Å². The molecule has 0 fully saturated rings. The molecule has 0 atom stereocenters. The Kier molecular flexibility index (Phi) is 11.3. The van der Waals surface area contributed by atoms with Crippen molar-refractivity contribution in [3.63, 3.8) is 0 Å². The Labute approximate surface area is 543 Å². The van der Waals surface area contributed by atoms with Crippen molar-refractivity contribution in [2.75, 3.05) is 0 Å². The van der Waals surface area contributed by atoms with Gasteiger partial charge in [-0.25, -0.2) is 8.78 Å². The van der Waals surface area contributed by atoms with Crippen molar-refractivity contribution in [1.29, 1.82) is 0 Å². The molecule has 0 saturated heterocycles. The molecule has 0 unspecified atom stereocenters. The van der Waals surface area contributed by atoms with Crippen LogP contribution in [-0.2, 0) is 6.18 Å². The highest BCUT2D eigenvalue weighted by Crippen LogP contribution is 2.49. The zero-order valence-electron chi connectivity index (χ0n) is 50.9. The summed E-state index contributed by atoms with van der Waals surface area (Å²) in [5.74, 6) is -2.25.